The van der Waals surface area contributed by atoms with Crippen molar-refractivity contribution in [2.45, 2.75) is 71.3 Å². The Labute approximate surface area is 319 Å². The molecule has 4 rings (SSSR count). The molecule has 1 unspecified atom stereocenters. The van der Waals surface area contributed by atoms with Crippen molar-refractivity contribution >= 4 is 106 Å². The second-order valence-corrected chi connectivity index (χ2v) is 13.6. The van der Waals surface area contributed by atoms with E-state index in [2.05, 4.69) is 69.4 Å². The molecule has 0 aromatic heterocycles. The molecule has 9 nitrogen and oxygen atoms in total. The first-order valence-corrected chi connectivity index (χ1v) is 16.0. The molecule has 14 heteroatoms. The van der Waals surface area contributed by atoms with Crippen molar-refractivity contribution in [1.29, 1.82) is 0 Å². The van der Waals surface area contributed by atoms with Crippen LogP contribution in [0.1, 0.15) is 75.9 Å². The molecule has 1 aliphatic rings. The van der Waals surface area contributed by atoms with Crippen molar-refractivity contribution in [2.75, 3.05) is 16.9 Å². The summed E-state index contributed by atoms with van der Waals surface area (Å²) in [6.07, 6.45) is 1.88. The Kier molecular flexibility index (Phi) is 14.7. The van der Waals surface area contributed by atoms with Gasteiger partial charge in [-0.15, -0.1) is 17.5 Å². The van der Waals surface area contributed by atoms with E-state index in [1.165, 1.54) is 23.8 Å². The van der Waals surface area contributed by atoms with Crippen molar-refractivity contribution in [3.63, 3.8) is 0 Å². The number of anilines is 2. The topological polar surface area (TPSA) is 126 Å². The van der Waals surface area contributed by atoms with Crippen molar-refractivity contribution in [2.24, 2.45) is 10.8 Å². The third-order valence-corrected chi connectivity index (χ3v) is 9.23. The maximum atomic E-state index is 13.1. The summed E-state index contributed by atoms with van der Waals surface area (Å²) in [4.78, 5) is 38.9. The number of hydrogen-bond acceptors (Lipinski definition) is 6. The van der Waals surface area contributed by atoms with Gasteiger partial charge < -0.3 is 21.1 Å². The van der Waals surface area contributed by atoms with Crippen LogP contribution in [-0.4, -0.2) is 60.1 Å². The molecule has 1 heterocycles. The molecule has 256 valence electrons. The standard InChI is InChI=1S/C34H38Cl3N5O4.ClH.Sn/c1-7-33(3,4)20-12-13-26(23(15-20)34(5,6)8-2)46-18-27(43)39-22-11-9-10-19(14-22)31(44)40-30-28(38)32(45)42(41-30)29-24(36)16-21(35)17-25(29)37;;/h9-17,28H,7-8,18,38H2,1-6H3,(H,39,43)(H,40,41,44);1H;. The summed E-state index contributed by atoms with van der Waals surface area (Å²) < 4.78 is 6.04. The van der Waals surface area contributed by atoms with Crippen LogP contribution in [0.4, 0.5) is 11.4 Å². The molecular formula is C34H39Cl4N5O4Sn. The first-order chi connectivity index (χ1) is 21.6. The zero-order valence-corrected chi connectivity index (χ0v) is 33.5. The van der Waals surface area contributed by atoms with E-state index in [1.54, 1.807) is 18.2 Å². The van der Waals surface area contributed by atoms with Gasteiger partial charge in [-0.1, -0.05) is 94.5 Å². The molecular weight excluding hydrogens is 803 g/mol. The fraction of sp³-hybridized carbons (Fsp3) is 0.353. The minimum absolute atomic E-state index is 0. The number of nitrogens with two attached hydrogens (primary N) is 1. The molecule has 1 atom stereocenters. The average Bonchev–Trinajstić information content (AvgIpc) is 3.27. The molecule has 3 amide bonds. The Bertz CT molecular complexity index is 1690. The van der Waals surface area contributed by atoms with Crippen molar-refractivity contribution in [3.8, 4) is 5.75 Å². The minimum atomic E-state index is -1.27. The maximum absolute atomic E-state index is 13.1. The Morgan fingerprint density at radius 1 is 0.938 bits per heavy atom. The number of nitrogens with one attached hydrogen (secondary N) is 2. The molecule has 3 aromatic carbocycles. The van der Waals surface area contributed by atoms with Crippen LogP contribution in [0, 0.1) is 0 Å². The van der Waals surface area contributed by atoms with Gasteiger partial charge in [0.25, 0.3) is 17.7 Å². The molecule has 48 heavy (non-hydrogen) atoms. The third kappa shape index (κ3) is 9.37. The molecule has 4 N–H and O–H groups in total. The number of amides is 3. The van der Waals surface area contributed by atoms with E-state index >= 15 is 0 Å². The maximum Gasteiger partial charge on any atom is 0.272 e. The predicted octanol–water partition coefficient (Wildman–Crippen LogP) is 7.50. The summed E-state index contributed by atoms with van der Waals surface area (Å²) in [6, 6.07) is 14.0. The first-order valence-electron chi connectivity index (χ1n) is 14.9. The van der Waals surface area contributed by atoms with Gasteiger partial charge in [0.1, 0.15) is 17.5 Å². The van der Waals surface area contributed by atoms with Gasteiger partial charge in [0.2, 0.25) is 0 Å². The molecule has 0 aliphatic carbocycles. The predicted molar refractivity (Wildman–Crippen MR) is 198 cm³/mol. The second kappa shape index (κ2) is 16.9. The fourth-order valence-corrected chi connectivity index (χ4v) is 5.71. The normalized spacial score (nSPS) is 14.5. The molecule has 0 bridgehead atoms. The van der Waals surface area contributed by atoms with Gasteiger partial charge in [-0.2, -0.15) is 5.01 Å². The smallest absolute Gasteiger partial charge is 0.272 e. The molecule has 0 spiro atoms. The van der Waals surface area contributed by atoms with Gasteiger partial charge in [0, 0.05) is 45.7 Å². The Balaban J connectivity index is 0.00000400. The van der Waals surface area contributed by atoms with E-state index in [4.69, 9.17) is 45.3 Å². The number of ether oxygens (including phenoxy) is 1. The van der Waals surface area contributed by atoms with Crippen LogP contribution in [-0.2, 0) is 20.4 Å². The quantitative estimate of drug-likeness (QED) is 0.183. The van der Waals surface area contributed by atoms with Crippen molar-refractivity contribution in [1.82, 2.24) is 5.32 Å². The van der Waals surface area contributed by atoms with E-state index in [1.807, 2.05) is 6.07 Å². The number of hydrogen-bond donors (Lipinski definition) is 3. The number of benzene rings is 3. The van der Waals surface area contributed by atoms with Crippen LogP contribution in [0.25, 0.3) is 0 Å². The molecule has 0 fully saturated rings. The molecule has 3 aromatic rings. The summed E-state index contributed by atoms with van der Waals surface area (Å²) in [5.41, 5.74) is 8.83. The van der Waals surface area contributed by atoms with Crippen molar-refractivity contribution < 1.29 is 19.1 Å². The molecule has 1 aliphatic heterocycles. The largest absolute Gasteiger partial charge is 0.483 e. The average molecular weight is 842 g/mol. The number of halogens is 4. The van der Waals surface area contributed by atoms with Gasteiger partial charge in [0.05, 0.1) is 10.0 Å². The summed E-state index contributed by atoms with van der Waals surface area (Å²) in [5, 5.41) is 10.9. The Morgan fingerprint density at radius 2 is 1.56 bits per heavy atom. The number of amidine groups is 1. The van der Waals surface area contributed by atoms with Gasteiger partial charge in [-0.25, -0.2) is 0 Å². The van der Waals surface area contributed by atoms with E-state index < -0.39 is 23.8 Å². The number of carbonyl (C=O) groups excluding carboxylic acids is 3. The fourth-order valence-electron chi connectivity index (χ4n) is 4.74. The van der Waals surface area contributed by atoms with Gasteiger partial charge >= 0.3 is 0 Å². The van der Waals surface area contributed by atoms with Crippen LogP contribution in [0.15, 0.2) is 59.7 Å². The molecule has 0 saturated heterocycles. The summed E-state index contributed by atoms with van der Waals surface area (Å²) in [5.74, 6) is -1.07. The summed E-state index contributed by atoms with van der Waals surface area (Å²) in [7, 11) is 0. The van der Waals surface area contributed by atoms with E-state index in [0.717, 1.165) is 23.4 Å². The SMILES string of the molecule is CCC(C)(C)c1ccc(OCC(=O)Nc2cccc(C(=O)NC3=NN(c4c(Cl)cc(Cl)cc4Cl)C(=O)C3N)c2)c(C(C)(C)CC)c1.Cl.[Sn]. The van der Waals surface area contributed by atoms with E-state index in [0.29, 0.717) is 11.4 Å². The zero-order valence-electron chi connectivity index (χ0n) is 27.5. The Hall–Kier alpha value is -2.54. The first kappa shape index (κ1) is 41.6. The van der Waals surface area contributed by atoms with Crippen LogP contribution < -0.4 is 26.1 Å². The molecule has 4 radical (unpaired) electrons. The van der Waals surface area contributed by atoms with Crippen molar-refractivity contribution in [3.05, 3.63) is 86.4 Å². The van der Waals surface area contributed by atoms with Crippen LogP contribution in [0.3, 0.4) is 0 Å². The summed E-state index contributed by atoms with van der Waals surface area (Å²) in [6.45, 7) is 12.8. The monoisotopic (exact) mass is 841 g/mol. The Morgan fingerprint density at radius 3 is 2.17 bits per heavy atom. The number of nitrogens with zero attached hydrogens (tertiary/aromatic N) is 2. The van der Waals surface area contributed by atoms with Crippen LogP contribution in [0.2, 0.25) is 15.1 Å². The van der Waals surface area contributed by atoms with Crippen LogP contribution in [0.5, 0.6) is 5.75 Å². The number of rotatable bonds is 10. The van der Waals surface area contributed by atoms with E-state index in [9.17, 15) is 14.4 Å². The number of hydrazone groups is 1. The van der Waals surface area contributed by atoms with Gasteiger partial charge in [0.15, 0.2) is 12.4 Å². The summed E-state index contributed by atoms with van der Waals surface area (Å²) >= 11 is 18.5. The van der Waals surface area contributed by atoms with Gasteiger partial charge in [-0.3, -0.25) is 14.4 Å². The van der Waals surface area contributed by atoms with Gasteiger partial charge in [-0.05, 0) is 65.6 Å². The molecule has 0 saturated carbocycles. The third-order valence-electron chi connectivity index (χ3n) is 8.44. The number of carbonyl (C=O) groups is 3. The second-order valence-electron chi connectivity index (χ2n) is 12.4. The van der Waals surface area contributed by atoms with E-state index in [-0.39, 0.29) is 85.9 Å². The zero-order chi connectivity index (χ0) is 34.0. The van der Waals surface area contributed by atoms with Crippen LogP contribution >= 0.6 is 47.2 Å². The minimum Gasteiger partial charge on any atom is -0.483 e.